The maximum Gasteiger partial charge on any atom is 0.269 e. The molecule has 0 saturated carbocycles. The van der Waals surface area contributed by atoms with Crippen molar-refractivity contribution in [1.82, 2.24) is 15.8 Å². The Morgan fingerprint density at radius 2 is 1.61 bits per heavy atom. The predicted octanol–water partition coefficient (Wildman–Crippen LogP) is 4.18. The van der Waals surface area contributed by atoms with E-state index in [0.717, 1.165) is 22.6 Å². The van der Waals surface area contributed by atoms with Crippen molar-refractivity contribution in [3.05, 3.63) is 106 Å². The number of fused-ring (bicyclic) bond motifs is 1. The van der Waals surface area contributed by atoms with Crippen LogP contribution in [0.2, 0.25) is 0 Å². The van der Waals surface area contributed by atoms with E-state index in [-0.39, 0.29) is 29.7 Å². The van der Waals surface area contributed by atoms with Crippen molar-refractivity contribution in [1.29, 1.82) is 0 Å². The molecular weight excluding hydrogens is 420 g/mol. The number of hydrogen-bond donors (Lipinski definition) is 2. The first-order valence-electron chi connectivity index (χ1n) is 10.6. The Hall–Kier alpha value is -4.17. The van der Waals surface area contributed by atoms with E-state index in [2.05, 4.69) is 10.7 Å². The molecule has 3 atom stereocenters. The molecule has 0 radical (unpaired) electrons. The maximum atomic E-state index is 12.8. The van der Waals surface area contributed by atoms with E-state index >= 15 is 0 Å². The van der Waals surface area contributed by atoms with E-state index in [9.17, 15) is 14.9 Å². The van der Waals surface area contributed by atoms with Crippen LogP contribution in [0.4, 0.5) is 5.69 Å². The number of hydrazine groups is 1. The van der Waals surface area contributed by atoms with Gasteiger partial charge in [-0.15, -0.1) is 0 Å². The van der Waals surface area contributed by atoms with Crippen molar-refractivity contribution in [3.63, 3.8) is 0 Å². The van der Waals surface area contributed by atoms with Gasteiger partial charge in [-0.1, -0.05) is 30.3 Å². The van der Waals surface area contributed by atoms with Gasteiger partial charge in [-0.05, 0) is 54.4 Å². The number of para-hydroxylation sites is 1. The smallest absolute Gasteiger partial charge is 0.269 e. The van der Waals surface area contributed by atoms with Gasteiger partial charge in [0.15, 0.2) is 0 Å². The summed E-state index contributed by atoms with van der Waals surface area (Å²) in [6.45, 7) is 2.04. The molecule has 8 nitrogen and oxygen atoms in total. The lowest BCUT2D eigenvalue weighted by Gasteiger charge is -2.33. The first-order valence-corrected chi connectivity index (χ1v) is 10.6. The molecule has 3 aromatic carbocycles. The molecule has 0 spiro atoms. The number of benzene rings is 3. The minimum atomic E-state index is -0.441. The number of ether oxygens (including phenoxy) is 1. The van der Waals surface area contributed by atoms with E-state index in [1.807, 2.05) is 61.5 Å². The minimum absolute atomic E-state index is 0.00922. The summed E-state index contributed by atoms with van der Waals surface area (Å²) < 4.78 is 5.90. The molecule has 5 rings (SSSR count). The van der Waals surface area contributed by atoms with Gasteiger partial charge in [0.25, 0.3) is 11.6 Å². The molecule has 1 amide bonds. The number of non-ortho nitro benzene ring substituents is 1. The number of carbonyl (C=O) groups is 1. The highest BCUT2D eigenvalue weighted by molar-refractivity contribution is 5.97. The van der Waals surface area contributed by atoms with Gasteiger partial charge in [0.05, 0.1) is 4.92 Å². The van der Waals surface area contributed by atoms with Crippen molar-refractivity contribution < 1.29 is 14.5 Å². The van der Waals surface area contributed by atoms with Crippen LogP contribution in [0.5, 0.6) is 11.5 Å². The maximum absolute atomic E-state index is 12.8. The number of nitrogens with one attached hydrogen (secondary N) is 2. The first kappa shape index (κ1) is 20.7. The Balaban J connectivity index is 1.37. The quantitative estimate of drug-likeness (QED) is 0.455. The molecular formula is C25H22N4O4. The molecule has 2 N–H and O–H groups in total. The highest BCUT2D eigenvalue weighted by Gasteiger charge is 2.44. The fourth-order valence-corrected chi connectivity index (χ4v) is 4.35. The summed E-state index contributed by atoms with van der Waals surface area (Å²) in [5, 5.41) is 16.0. The molecule has 0 aliphatic carbocycles. The summed E-state index contributed by atoms with van der Waals surface area (Å²) in [6.07, 6.45) is 1.21. The molecule has 2 aliphatic rings. The third-order valence-corrected chi connectivity index (χ3v) is 5.94. The zero-order valence-corrected chi connectivity index (χ0v) is 17.8. The van der Waals surface area contributed by atoms with Crippen molar-refractivity contribution >= 4 is 17.3 Å². The number of hydrogen-bond acceptors (Lipinski definition) is 6. The van der Waals surface area contributed by atoms with E-state index in [0.29, 0.717) is 5.70 Å². The van der Waals surface area contributed by atoms with Crippen LogP contribution < -0.4 is 15.5 Å². The topological polar surface area (TPSA) is 96.7 Å². The first-order chi connectivity index (χ1) is 16.0. The van der Waals surface area contributed by atoms with Crippen molar-refractivity contribution in [3.8, 4) is 11.5 Å². The Labute approximate surface area is 190 Å². The number of nitro benzene ring substituents is 1. The molecule has 0 aromatic heterocycles. The van der Waals surface area contributed by atoms with Gasteiger partial charge in [0, 0.05) is 35.9 Å². The van der Waals surface area contributed by atoms with Crippen LogP contribution in [0, 0.1) is 10.1 Å². The summed E-state index contributed by atoms with van der Waals surface area (Å²) in [4.78, 5) is 23.3. The normalized spacial score (nSPS) is 21.7. The largest absolute Gasteiger partial charge is 0.457 e. The molecule has 3 unspecified atom stereocenters. The monoisotopic (exact) mass is 442 g/mol. The van der Waals surface area contributed by atoms with Gasteiger partial charge < -0.3 is 10.1 Å². The van der Waals surface area contributed by atoms with E-state index in [1.165, 1.54) is 18.2 Å². The lowest BCUT2D eigenvalue weighted by molar-refractivity contribution is -0.384. The van der Waals surface area contributed by atoms with Crippen LogP contribution in [0.1, 0.15) is 24.0 Å². The zero-order valence-electron chi connectivity index (χ0n) is 17.8. The number of nitro groups is 1. The van der Waals surface area contributed by atoms with Gasteiger partial charge in [0.1, 0.15) is 17.7 Å². The van der Waals surface area contributed by atoms with Gasteiger partial charge in [-0.2, -0.15) is 0 Å². The van der Waals surface area contributed by atoms with Gasteiger partial charge in [0.2, 0.25) is 0 Å². The Bertz CT molecular complexity index is 1210. The predicted molar refractivity (Wildman–Crippen MR) is 123 cm³/mol. The summed E-state index contributed by atoms with van der Waals surface area (Å²) in [7, 11) is 0. The number of nitrogens with zero attached hydrogens (tertiary/aromatic N) is 2. The second-order valence-electron chi connectivity index (χ2n) is 8.09. The summed E-state index contributed by atoms with van der Waals surface area (Å²) >= 11 is 0. The average molecular weight is 442 g/mol. The van der Waals surface area contributed by atoms with Crippen LogP contribution in [-0.4, -0.2) is 28.0 Å². The van der Waals surface area contributed by atoms with Gasteiger partial charge in [-0.3, -0.25) is 19.9 Å². The second-order valence-corrected chi connectivity index (χ2v) is 8.09. The van der Waals surface area contributed by atoms with Crippen molar-refractivity contribution in [2.75, 3.05) is 0 Å². The molecule has 1 saturated heterocycles. The molecule has 2 heterocycles. The minimum Gasteiger partial charge on any atom is -0.457 e. The van der Waals surface area contributed by atoms with Crippen molar-refractivity contribution in [2.45, 2.75) is 25.0 Å². The van der Waals surface area contributed by atoms with E-state index < -0.39 is 4.92 Å². The molecule has 0 bridgehead atoms. The lowest BCUT2D eigenvalue weighted by Crippen LogP contribution is -2.52. The third kappa shape index (κ3) is 4.04. The summed E-state index contributed by atoms with van der Waals surface area (Å²) in [5.41, 5.74) is 5.69. The van der Waals surface area contributed by atoms with Crippen LogP contribution in [0.3, 0.4) is 0 Å². The van der Waals surface area contributed by atoms with Gasteiger partial charge in [-0.25, -0.2) is 5.43 Å². The van der Waals surface area contributed by atoms with Crippen LogP contribution in [0.25, 0.3) is 5.70 Å². The third-order valence-electron chi connectivity index (χ3n) is 5.94. The van der Waals surface area contributed by atoms with Gasteiger partial charge >= 0.3 is 0 Å². The summed E-state index contributed by atoms with van der Waals surface area (Å²) in [6, 6.07) is 23.7. The average Bonchev–Trinajstić information content (AvgIpc) is 3.17. The second kappa shape index (κ2) is 8.40. The Morgan fingerprint density at radius 3 is 2.27 bits per heavy atom. The van der Waals surface area contributed by atoms with Crippen LogP contribution in [-0.2, 0) is 4.79 Å². The molecule has 2 aliphatic heterocycles. The van der Waals surface area contributed by atoms with Crippen LogP contribution in [0.15, 0.2) is 84.9 Å². The molecule has 33 heavy (non-hydrogen) atoms. The highest BCUT2D eigenvalue weighted by Crippen LogP contribution is 2.36. The molecule has 1 fully saturated rings. The van der Waals surface area contributed by atoms with E-state index in [4.69, 9.17) is 4.74 Å². The lowest BCUT2D eigenvalue weighted by atomic mass is 9.90. The molecule has 8 heteroatoms. The van der Waals surface area contributed by atoms with Crippen molar-refractivity contribution in [2.24, 2.45) is 0 Å². The Kier molecular flexibility index (Phi) is 5.27. The fourth-order valence-electron chi connectivity index (χ4n) is 4.35. The Morgan fingerprint density at radius 1 is 0.939 bits per heavy atom. The summed E-state index contributed by atoms with van der Waals surface area (Å²) in [5.74, 6) is 1.33. The number of carbonyl (C=O) groups excluding carboxylic acids is 1. The fraction of sp³-hybridized carbons (Fsp3) is 0.160. The van der Waals surface area contributed by atoms with E-state index in [1.54, 1.807) is 17.1 Å². The molecule has 166 valence electrons. The number of rotatable bonds is 5. The number of amides is 1. The molecule has 3 aromatic rings. The standard InChI is InChI=1S/C25H22N4O4/c1-16-24(18-9-13-21(14-10-18)33-20-5-3-2-4-6-20)25-26-22(15-23(30)28(25)27-16)17-7-11-19(12-8-17)29(31)32/h2-16,24-27H,1H3. The zero-order chi connectivity index (χ0) is 22.9. The van der Waals surface area contributed by atoms with Crippen LogP contribution >= 0.6 is 0 Å². The highest BCUT2D eigenvalue weighted by atomic mass is 16.6. The SMILES string of the molecule is CC1NN2C(=O)C=C(c3ccc([N+](=O)[O-])cc3)NC2C1c1ccc(Oc2ccccc2)cc1.